The van der Waals surface area contributed by atoms with Gasteiger partial charge in [-0.15, -0.1) is 11.3 Å². The second kappa shape index (κ2) is 7.97. The van der Waals surface area contributed by atoms with Gasteiger partial charge in [0, 0.05) is 38.2 Å². The third-order valence-electron chi connectivity index (χ3n) is 5.72. The van der Waals surface area contributed by atoms with Gasteiger partial charge in [0.15, 0.2) is 5.82 Å². The van der Waals surface area contributed by atoms with Crippen molar-refractivity contribution in [2.75, 3.05) is 38.2 Å². The van der Waals surface area contributed by atoms with E-state index in [1.807, 2.05) is 18.3 Å². The largest absolute Gasteiger partial charge is 0.377 e. The Kier molecular flexibility index (Phi) is 5.19. The Morgan fingerprint density at radius 2 is 1.90 bits per heavy atom. The van der Waals surface area contributed by atoms with Crippen LogP contribution in [-0.4, -0.2) is 58.3 Å². The lowest BCUT2D eigenvalue weighted by Gasteiger charge is -2.35. The van der Waals surface area contributed by atoms with E-state index in [-0.39, 0.29) is 0 Å². The van der Waals surface area contributed by atoms with Crippen molar-refractivity contribution in [3.05, 3.63) is 28.0 Å². The molecule has 154 valence electrons. The van der Waals surface area contributed by atoms with Gasteiger partial charge in [0.05, 0.1) is 11.9 Å². The van der Waals surface area contributed by atoms with Crippen molar-refractivity contribution in [1.29, 1.82) is 0 Å². The first kappa shape index (κ1) is 18.9. The molecule has 1 saturated heterocycles. The number of rotatable bonds is 5. The summed E-state index contributed by atoms with van der Waals surface area (Å²) < 4.78 is 10.4. The third kappa shape index (κ3) is 3.74. The molecule has 0 unspecified atom stereocenters. The van der Waals surface area contributed by atoms with Crippen LogP contribution in [0.15, 0.2) is 4.52 Å². The second-order valence-electron chi connectivity index (χ2n) is 7.79. The highest BCUT2D eigenvalue weighted by atomic mass is 32.1. The van der Waals surface area contributed by atoms with Gasteiger partial charge in [0.1, 0.15) is 23.1 Å². The van der Waals surface area contributed by atoms with E-state index in [4.69, 9.17) is 19.2 Å². The van der Waals surface area contributed by atoms with E-state index in [1.54, 1.807) is 7.11 Å². The Bertz CT molecular complexity index is 1010. The molecule has 3 aromatic rings. The lowest BCUT2D eigenvalue weighted by atomic mass is 9.97. The summed E-state index contributed by atoms with van der Waals surface area (Å²) in [5, 5.41) is 5.26. The molecular formula is C20H26N6O2S. The van der Waals surface area contributed by atoms with Crippen LogP contribution in [-0.2, 0) is 30.7 Å². The molecule has 0 aromatic carbocycles. The predicted octanol–water partition coefficient (Wildman–Crippen LogP) is 2.73. The van der Waals surface area contributed by atoms with Crippen molar-refractivity contribution >= 4 is 27.4 Å². The van der Waals surface area contributed by atoms with E-state index in [2.05, 4.69) is 19.9 Å². The van der Waals surface area contributed by atoms with Crippen molar-refractivity contribution in [2.24, 2.45) is 0 Å². The molecule has 0 amide bonds. The average molecular weight is 415 g/mol. The lowest BCUT2D eigenvalue weighted by molar-refractivity contribution is 0.174. The quantitative estimate of drug-likeness (QED) is 0.630. The summed E-state index contributed by atoms with van der Waals surface area (Å²) in [5.41, 5.74) is 1.50. The van der Waals surface area contributed by atoms with E-state index in [0.717, 1.165) is 44.2 Å². The molecule has 0 N–H and O–H groups in total. The fourth-order valence-electron chi connectivity index (χ4n) is 4.32. The van der Waals surface area contributed by atoms with E-state index in [9.17, 15) is 0 Å². The number of piperazine rings is 1. The fraction of sp³-hybridized carbons (Fsp3) is 0.600. The van der Waals surface area contributed by atoms with Crippen LogP contribution in [0.4, 0.5) is 5.82 Å². The molecule has 0 saturated carbocycles. The van der Waals surface area contributed by atoms with E-state index in [1.165, 1.54) is 39.9 Å². The van der Waals surface area contributed by atoms with Crippen molar-refractivity contribution in [2.45, 2.75) is 45.8 Å². The molecule has 0 bridgehead atoms. The van der Waals surface area contributed by atoms with Crippen LogP contribution in [0.25, 0.3) is 10.2 Å². The maximum atomic E-state index is 5.34. The predicted molar refractivity (Wildman–Crippen MR) is 111 cm³/mol. The first-order chi connectivity index (χ1) is 14.2. The van der Waals surface area contributed by atoms with Gasteiger partial charge >= 0.3 is 0 Å². The summed E-state index contributed by atoms with van der Waals surface area (Å²) >= 11 is 1.87. The monoisotopic (exact) mass is 414 g/mol. The zero-order chi connectivity index (χ0) is 19.8. The summed E-state index contributed by atoms with van der Waals surface area (Å²) in [5.74, 6) is 3.25. The number of anilines is 1. The van der Waals surface area contributed by atoms with Crippen LogP contribution in [0.2, 0.25) is 0 Å². The molecule has 1 fully saturated rings. The highest BCUT2D eigenvalue weighted by Gasteiger charge is 2.26. The van der Waals surface area contributed by atoms with Crippen LogP contribution in [0.3, 0.4) is 0 Å². The van der Waals surface area contributed by atoms with Crippen LogP contribution >= 0.6 is 11.3 Å². The Balaban J connectivity index is 1.32. The first-order valence-electron chi connectivity index (χ1n) is 10.3. The second-order valence-corrected chi connectivity index (χ2v) is 8.87. The van der Waals surface area contributed by atoms with Crippen molar-refractivity contribution in [3.8, 4) is 0 Å². The zero-order valence-electron chi connectivity index (χ0n) is 17.0. The van der Waals surface area contributed by atoms with Crippen LogP contribution in [0.5, 0.6) is 0 Å². The van der Waals surface area contributed by atoms with Crippen molar-refractivity contribution in [1.82, 2.24) is 25.0 Å². The maximum absolute atomic E-state index is 5.34. The Hall–Kier alpha value is -2.10. The number of hydrogen-bond donors (Lipinski definition) is 0. The Morgan fingerprint density at radius 3 is 2.72 bits per heavy atom. The smallest absolute Gasteiger partial charge is 0.240 e. The SMILES string of the molecule is COCc1noc(CN2CCN(c3nc(C)nc4sc5c(c34)CCCC5)CC2)n1. The number of ether oxygens (including phenoxy) is 1. The lowest BCUT2D eigenvalue weighted by Crippen LogP contribution is -2.46. The molecule has 3 aromatic heterocycles. The number of aromatic nitrogens is 4. The molecule has 29 heavy (non-hydrogen) atoms. The van der Waals surface area contributed by atoms with Crippen LogP contribution < -0.4 is 4.90 Å². The van der Waals surface area contributed by atoms with Gasteiger partial charge in [-0.1, -0.05) is 5.16 Å². The number of thiophene rings is 1. The summed E-state index contributed by atoms with van der Waals surface area (Å²) in [7, 11) is 1.63. The minimum atomic E-state index is 0.380. The van der Waals surface area contributed by atoms with Gasteiger partial charge in [0.25, 0.3) is 0 Å². The van der Waals surface area contributed by atoms with Gasteiger partial charge in [-0.05, 0) is 38.2 Å². The molecule has 9 heteroatoms. The van der Waals surface area contributed by atoms with E-state index >= 15 is 0 Å². The van der Waals surface area contributed by atoms with Gasteiger partial charge in [-0.3, -0.25) is 4.90 Å². The zero-order valence-corrected chi connectivity index (χ0v) is 17.8. The average Bonchev–Trinajstić information content (AvgIpc) is 3.32. The molecule has 5 rings (SSSR count). The van der Waals surface area contributed by atoms with Crippen molar-refractivity contribution in [3.63, 3.8) is 0 Å². The molecule has 0 spiro atoms. The van der Waals surface area contributed by atoms with Gasteiger partial charge in [0.2, 0.25) is 5.89 Å². The number of nitrogens with zero attached hydrogens (tertiary/aromatic N) is 6. The first-order valence-corrected chi connectivity index (χ1v) is 11.1. The van der Waals surface area contributed by atoms with E-state index in [0.29, 0.717) is 24.9 Å². The molecular weight excluding hydrogens is 388 g/mol. The number of hydrogen-bond acceptors (Lipinski definition) is 9. The topological polar surface area (TPSA) is 80.4 Å². The number of aryl methyl sites for hydroxylation is 3. The van der Waals surface area contributed by atoms with Gasteiger partial charge in [-0.25, -0.2) is 9.97 Å². The standard InChI is InChI=1S/C20H26N6O2S/c1-13-21-19(18-14-5-3-4-6-15(14)29-20(18)22-13)26-9-7-25(8-10-26)11-17-23-16(12-27-2)24-28-17/h3-12H2,1-2H3. The summed E-state index contributed by atoms with van der Waals surface area (Å²) in [6.07, 6.45) is 4.92. The molecule has 0 atom stereocenters. The number of fused-ring (bicyclic) bond motifs is 3. The van der Waals surface area contributed by atoms with Crippen molar-refractivity contribution < 1.29 is 9.26 Å². The Labute approximate surface area is 173 Å². The minimum Gasteiger partial charge on any atom is -0.377 e. The minimum absolute atomic E-state index is 0.380. The molecule has 4 heterocycles. The highest BCUT2D eigenvalue weighted by Crippen LogP contribution is 2.39. The van der Waals surface area contributed by atoms with Crippen LogP contribution in [0.1, 0.15) is 40.8 Å². The summed E-state index contributed by atoms with van der Waals surface area (Å²) in [6.45, 7) is 6.83. The normalized spacial score (nSPS) is 17.8. The van der Waals surface area contributed by atoms with Crippen LogP contribution in [0, 0.1) is 6.92 Å². The molecule has 8 nitrogen and oxygen atoms in total. The summed E-state index contributed by atoms with van der Waals surface area (Å²) in [4.78, 5) is 21.5. The van der Waals surface area contributed by atoms with Gasteiger partial charge < -0.3 is 14.2 Å². The number of methoxy groups -OCH3 is 1. The third-order valence-corrected chi connectivity index (χ3v) is 6.91. The fourth-order valence-corrected chi connectivity index (χ4v) is 5.62. The Morgan fingerprint density at radius 1 is 1.07 bits per heavy atom. The molecule has 1 aliphatic heterocycles. The molecule has 2 aliphatic rings. The summed E-state index contributed by atoms with van der Waals surface area (Å²) in [6, 6.07) is 0. The maximum Gasteiger partial charge on any atom is 0.240 e. The highest BCUT2D eigenvalue weighted by molar-refractivity contribution is 7.19. The molecule has 0 radical (unpaired) electrons. The molecule has 1 aliphatic carbocycles. The van der Waals surface area contributed by atoms with Gasteiger partial charge in [-0.2, -0.15) is 4.98 Å². The van der Waals surface area contributed by atoms with E-state index < -0.39 is 0 Å².